The molecule has 0 radical (unpaired) electrons. The average Bonchev–Trinajstić information content (AvgIpc) is 2.74. The monoisotopic (exact) mass is 1220 g/mol. The molecule has 2 aromatic rings. The molecule has 2 rings (SSSR count). The first-order chi connectivity index (χ1) is 43.0. The summed E-state index contributed by atoms with van der Waals surface area (Å²) in [5.74, 6) is 3.52. The fourth-order valence-electron chi connectivity index (χ4n) is 11.8. The number of ether oxygens (including phenoxy) is 6. The molecule has 0 heterocycles. The Morgan fingerprint density at radius 2 is 0.414 bits per heavy atom. The second-order valence-electron chi connectivity index (χ2n) is 26.1. The summed E-state index contributed by atoms with van der Waals surface area (Å²) < 4.78 is 40.4. The molecule has 0 aliphatic carbocycles. The van der Waals surface area contributed by atoms with Gasteiger partial charge in [-0.05, 0) is 50.7 Å². The highest BCUT2D eigenvalue weighted by molar-refractivity contribution is 6.05. The van der Waals surface area contributed by atoms with E-state index in [1.165, 1.54) is 270 Å². The number of hydrogen-bond acceptors (Lipinski definition) is 7. The van der Waals surface area contributed by atoms with E-state index >= 15 is 0 Å². The van der Waals surface area contributed by atoms with Crippen molar-refractivity contribution in [2.45, 2.75) is 388 Å². The van der Waals surface area contributed by atoms with Crippen LogP contribution in [0.3, 0.4) is 0 Å². The van der Waals surface area contributed by atoms with Crippen LogP contribution in [0.5, 0.6) is 34.5 Å². The first-order valence-corrected chi connectivity index (χ1v) is 38.5. The van der Waals surface area contributed by atoms with Crippen LogP contribution in [0, 0.1) is 0 Å². The van der Waals surface area contributed by atoms with Crippen molar-refractivity contribution < 1.29 is 33.2 Å². The van der Waals surface area contributed by atoms with Gasteiger partial charge >= 0.3 is 0 Å². The summed E-state index contributed by atoms with van der Waals surface area (Å²) in [4.78, 5) is 14.9. The summed E-state index contributed by atoms with van der Waals surface area (Å²) in [6.07, 6.45) is 67.3. The summed E-state index contributed by atoms with van der Waals surface area (Å²) in [6.45, 7) is 17.2. The van der Waals surface area contributed by atoms with E-state index in [1.807, 2.05) is 24.3 Å². The molecule has 2 aromatic carbocycles. The Labute approximate surface area is 539 Å². The van der Waals surface area contributed by atoms with Crippen molar-refractivity contribution in [2.75, 3.05) is 45.0 Å². The van der Waals surface area contributed by atoms with E-state index in [-0.39, 0.29) is 5.91 Å². The predicted octanol–water partition coefficient (Wildman–Crippen LogP) is 26.4. The zero-order chi connectivity index (χ0) is 62.4. The lowest BCUT2D eigenvalue weighted by atomic mass is 10.1. The van der Waals surface area contributed by atoms with E-state index in [0.29, 0.717) is 85.4 Å². The van der Waals surface area contributed by atoms with Gasteiger partial charge in [0, 0.05) is 23.4 Å². The van der Waals surface area contributed by atoms with Crippen molar-refractivity contribution >= 4 is 11.6 Å². The molecule has 0 bridgehead atoms. The number of benzene rings is 2. The maximum absolute atomic E-state index is 14.9. The van der Waals surface area contributed by atoms with Gasteiger partial charge in [0.2, 0.25) is 11.5 Å². The predicted molar refractivity (Wildman–Crippen MR) is 377 cm³/mol. The molecule has 8 nitrogen and oxygen atoms in total. The van der Waals surface area contributed by atoms with Crippen molar-refractivity contribution in [3.8, 4) is 34.5 Å². The van der Waals surface area contributed by atoms with Gasteiger partial charge in [0.15, 0.2) is 23.0 Å². The molecular formula is C79H143NO7. The lowest BCUT2D eigenvalue weighted by molar-refractivity contribution is 0.102. The first kappa shape index (κ1) is 79.8. The topological polar surface area (TPSA) is 84.5 Å². The third kappa shape index (κ3) is 45.6. The molecule has 0 saturated heterocycles. The summed E-state index contributed by atoms with van der Waals surface area (Å²) >= 11 is 0. The maximum Gasteiger partial charge on any atom is 0.255 e. The largest absolute Gasteiger partial charge is 0.490 e. The van der Waals surface area contributed by atoms with Crippen LogP contribution in [0.15, 0.2) is 24.3 Å². The number of anilines is 1. The van der Waals surface area contributed by atoms with E-state index in [4.69, 9.17) is 28.4 Å². The Morgan fingerprint density at radius 3 is 0.621 bits per heavy atom. The SMILES string of the molecule is CCCCCCCCCCCCOc1cc(NC(=O)c2cc(OCCCCCCCCCC)c(OCCCCCCCCCC)c(OCCCCCCCCCC)c2)cc(OCCCCCCCCCCCC)c1OCCCCCCCCCCCC. The van der Waals surface area contributed by atoms with Gasteiger partial charge in [-0.2, -0.15) is 0 Å². The van der Waals surface area contributed by atoms with E-state index in [0.717, 1.165) is 77.0 Å². The minimum Gasteiger partial charge on any atom is -0.490 e. The molecule has 0 aliphatic heterocycles. The minimum absolute atomic E-state index is 0.237. The lowest BCUT2D eigenvalue weighted by Gasteiger charge is -2.20. The normalized spacial score (nSPS) is 11.4. The van der Waals surface area contributed by atoms with Gasteiger partial charge in [-0.1, -0.05) is 350 Å². The number of hydrogen-bond donors (Lipinski definition) is 1. The highest BCUT2D eigenvalue weighted by Gasteiger charge is 2.22. The Hall–Kier alpha value is -3.29. The summed E-state index contributed by atoms with van der Waals surface area (Å²) in [5.41, 5.74) is 1.11. The van der Waals surface area contributed by atoms with Crippen molar-refractivity contribution in [2.24, 2.45) is 0 Å². The molecule has 87 heavy (non-hydrogen) atoms. The van der Waals surface area contributed by atoms with Crippen molar-refractivity contribution in [1.82, 2.24) is 0 Å². The number of rotatable bonds is 68. The molecule has 8 heteroatoms. The van der Waals surface area contributed by atoms with Crippen LogP contribution in [-0.4, -0.2) is 45.5 Å². The molecule has 0 aromatic heterocycles. The van der Waals surface area contributed by atoms with Gasteiger partial charge in [-0.25, -0.2) is 0 Å². The molecule has 0 saturated carbocycles. The van der Waals surface area contributed by atoms with Gasteiger partial charge in [-0.15, -0.1) is 0 Å². The van der Waals surface area contributed by atoms with E-state index < -0.39 is 0 Å². The van der Waals surface area contributed by atoms with Crippen LogP contribution in [0.4, 0.5) is 5.69 Å². The Balaban J connectivity index is 2.51. The number of unbranched alkanes of at least 4 members (excludes halogenated alkanes) is 48. The Kier molecular flexibility index (Phi) is 56.5. The van der Waals surface area contributed by atoms with Gasteiger partial charge in [0.05, 0.1) is 39.6 Å². The fourth-order valence-corrected chi connectivity index (χ4v) is 11.8. The first-order valence-electron chi connectivity index (χ1n) is 38.5. The van der Waals surface area contributed by atoms with Gasteiger partial charge in [0.1, 0.15) is 0 Å². The van der Waals surface area contributed by atoms with Crippen LogP contribution in [0.2, 0.25) is 0 Å². The van der Waals surface area contributed by atoms with Crippen LogP contribution in [0.25, 0.3) is 0 Å². The number of nitrogens with one attached hydrogen (secondary N) is 1. The van der Waals surface area contributed by atoms with Crippen LogP contribution in [0.1, 0.15) is 399 Å². The summed E-state index contributed by atoms with van der Waals surface area (Å²) in [6, 6.07) is 7.72. The third-order valence-corrected chi connectivity index (χ3v) is 17.6. The number of carbonyl (C=O) groups is 1. The number of carbonyl (C=O) groups excluding carboxylic acids is 1. The van der Waals surface area contributed by atoms with Gasteiger partial charge < -0.3 is 33.7 Å². The van der Waals surface area contributed by atoms with Crippen LogP contribution in [-0.2, 0) is 0 Å². The zero-order valence-corrected chi connectivity index (χ0v) is 58.6. The molecular weight excluding hydrogens is 1070 g/mol. The van der Waals surface area contributed by atoms with Crippen molar-refractivity contribution in [1.29, 1.82) is 0 Å². The molecule has 0 fully saturated rings. The number of amides is 1. The smallest absolute Gasteiger partial charge is 0.255 e. The minimum atomic E-state index is -0.237. The van der Waals surface area contributed by atoms with Gasteiger partial charge in [0.25, 0.3) is 5.91 Å². The Morgan fingerprint density at radius 1 is 0.241 bits per heavy atom. The quantitative estimate of drug-likeness (QED) is 0.0661. The third-order valence-electron chi connectivity index (χ3n) is 17.6. The van der Waals surface area contributed by atoms with E-state index in [2.05, 4.69) is 46.9 Å². The van der Waals surface area contributed by atoms with Crippen molar-refractivity contribution in [3.63, 3.8) is 0 Å². The molecule has 1 amide bonds. The van der Waals surface area contributed by atoms with Crippen LogP contribution >= 0.6 is 0 Å². The zero-order valence-electron chi connectivity index (χ0n) is 58.6. The fraction of sp³-hybridized carbons (Fsp3) is 0.835. The standard InChI is InChI=1S/C79H143NO7/c1-7-13-19-25-31-37-40-46-51-57-63-84-75-69-72(70-76(85-64-58-52-47-41-38-32-26-20-14-8-2)78(75)87-66-60-54-48-42-39-33-27-21-15-9-3)80-79(81)71-67-73(82-61-55-49-43-34-28-22-16-10-4)77(86-65-59-53-45-36-30-24-18-12-6)74(68-71)83-62-56-50-44-35-29-23-17-11-5/h67-70H,7-66H2,1-6H3,(H,80,81). The van der Waals surface area contributed by atoms with Gasteiger partial charge in [-0.3, -0.25) is 4.79 Å². The average molecular weight is 1220 g/mol. The lowest BCUT2D eigenvalue weighted by Crippen LogP contribution is -2.15. The van der Waals surface area contributed by atoms with Crippen LogP contribution < -0.4 is 33.7 Å². The molecule has 0 spiro atoms. The highest BCUT2D eigenvalue weighted by atomic mass is 16.5. The van der Waals surface area contributed by atoms with E-state index in [9.17, 15) is 4.79 Å². The molecule has 0 unspecified atom stereocenters. The van der Waals surface area contributed by atoms with Crippen molar-refractivity contribution in [3.05, 3.63) is 29.8 Å². The second kappa shape index (κ2) is 61.6. The molecule has 0 aliphatic rings. The summed E-state index contributed by atoms with van der Waals surface area (Å²) in [5, 5.41) is 3.33. The molecule has 1 N–H and O–H groups in total. The molecule has 0 atom stereocenters. The highest BCUT2D eigenvalue weighted by Crippen LogP contribution is 2.43. The van der Waals surface area contributed by atoms with E-state index in [1.54, 1.807) is 0 Å². The second-order valence-corrected chi connectivity index (χ2v) is 26.1. The maximum atomic E-state index is 14.9. The Bertz CT molecular complexity index is 1710. The summed E-state index contributed by atoms with van der Waals surface area (Å²) in [7, 11) is 0. The molecule has 506 valence electrons.